The number of amides is 1. The second-order valence-corrected chi connectivity index (χ2v) is 9.24. The summed E-state index contributed by atoms with van der Waals surface area (Å²) in [5.41, 5.74) is 5.93. The van der Waals surface area contributed by atoms with Crippen LogP contribution in [-0.4, -0.2) is 65.0 Å². The van der Waals surface area contributed by atoms with E-state index in [1.807, 2.05) is 19.1 Å². The number of benzene rings is 1. The standard InChI is InChI=1S/C26H31N7O/c1-17-22(7-9-25(29-17)31-26(34)20-15-27-18(2)28-16-20)19-4-8-23(30-21-5-6-21)24(14-19)33-12-10-32(3)11-13-33/h4,7-9,14-16,21,30H,5-6,10-13H2,1-3H3,(H,29,31,34). The lowest BCUT2D eigenvalue weighted by Gasteiger charge is -2.35. The van der Waals surface area contributed by atoms with Crippen molar-refractivity contribution in [2.24, 2.45) is 0 Å². The minimum atomic E-state index is -0.271. The van der Waals surface area contributed by atoms with Crippen LogP contribution in [0.2, 0.25) is 0 Å². The average Bonchev–Trinajstić information content (AvgIpc) is 3.65. The Labute approximate surface area is 200 Å². The summed E-state index contributed by atoms with van der Waals surface area (Å²) in [6, 6.07) is 11.1. The summed E-state index contributed by atoms with van der Waals surface area (Å²) < 4.78 is 0. The van der Waals surface area contributed by atoms with Crippen molar-refractivity contribution in [1.82, 2.24) is 19.9 Å². The molecule has 3 aromatic rings. The zero-order chi connectivity index (χ0) is 23.7. The first-order valence-electron chi connectivity index (χ1n) is 11.9. The highest BCUT2D eigenvalue weighted by Gasteiger charge is 2.24. The molecule has 0 unspecified atom stereocenters. The molecule has 5 rings (SSSR count). The molecule has 8 nitrogen and oxygen atoms in total. The molecule has 2 aromatic heterocycles. The Kier molecular flexibility index (Phi) is 6.15. The van der Waals surface area contributed by atoms with Crippen molar-refractivity contribution in [2.75, 3.05) is 48.8 Å². The Morgan fingerprint density at radius 2 is 1.74 bits per heavy atom. The first-order chi connectivity index (χ1) is 16.5. The van der Waals surface area contributed by atoms with Gasteiger partial charge in [0.2, 0.25) is 0 Å². The number of nitrogens with zero attached hydrogens (tertiary/aromatic N) is 5. The minimum Gasteiger partial charge on any atom is -0.381 e. The zero-order valence-corrected chi connectivity index (χ0v) is 20.0. The average molecular weight is 458 g/mol. The Morgan fingerprint density at radius 1 is 1.00 bits per heavy atom. The number of hydrogen-bond acceptors (Lipinski definition) is 7. The Morgan fingerprint density at radius 3 is 2.41 bits per heavy atom. The van der Waals surface area contributed by atoms with Gasteiger partial charge in [-0.05, 0) is 63.6 Å². The van der Waals surface area contributed by atoms with Gasteiger partial charge in [0.1, 0.15) is 11.6 Å². The van der Waals surface area contributed by atoms with Gasteiger partial charge in [0.25, 0.3) is 5.91 Å². The zero-order valence-electron chi connectivity index (χ0n) is 20.0. The topological polar surface area (TPSA) is 86.3 Å². The molecule has 1 aliphatic heterocycles. The van der Waals surface area contributed by atoms with E-state index >= 15 is 0 Å². The molecule has 1 saturated carbocycles. The van der Waals surface area contributed by atoms with Crippen molar-refractivity contribution in [3.8, 4) is 11.1 Å². The lowest BCUT2D eigenvalue weighted by Crippen LogP contribution is -2.44. The third-order valence-electron chi connectivity index (χ3n) is 6.46. The summed E-state index contributed by atoms with van der Waals surface area (Å²) in [6.07, 6.45) is 5.54. The number of anilines is 3. The maximum absolute atomic E-state index is 12.5. The van der Waals surface area contributed by atoms with Crippen molar-refractivity contribution in [3.63, 3.8) is 0 Å². The number of carbonyl (C=O) groups excluding carboxylic acids is 1. The Hall–Kier alpha value is -3.52. The number of aromatic nitrogens is 3. The number of carbonyl (C=O) groups is 1. The molecule has 0 atom stereocenters. The van der Waals surface area contributed by atoms with Gasteiger partial charge in [-0.25, -0.2) is 15.0 Å². The predicted molar refractivity (Wildman–Crippen MR) is 135 cm³/mol. The first kappa shape index (κ1) is 22.3. The van der Waals surface area contributed by atoms with Gasteiger partial charge in [0.05, 0.1) is 16.9 Å². The molecule has 2 aliphatic rings. The first-order valence-corrected chi connectivity index (χ1v) is 11.9. The highest BCUT2D eigenvalue weighted by atomic mass is 16.1. The van der Waals surface area contributed by atoms with E-state index in [4.69, 9.17) is 0 Å². The summed E-state index contributed by atoms with van der Waals surface area (Å²) in [5.74, 6) is 0.870. The number of aryl methyl sites for hydroxylation is 2. The molecule has 2 N–H and O–H groups in total. The van der Waals surface area contributed by atoms with Gasteiger partial charge in [0.15, 0.2) is 0 Å². The molecular weight excluding hydrogens is 426 g/mol. The lowest BCUT2D eigenvalue weighted by atomic mass is 10.0. The van der Waals surface area contributed by atoms with Gasteiger partial charge < -0.3 is 20.4 Å². The van der Waals surface area contributed by atoms with Crippen LogP contribution in [-0.2, 0) is 0 Å². The van der Waals surface area contributed by atoms with Crippen LogP contribution in [0.1, 0.15) is 34.7 Å². The Bertz CT molecular complexity index is 1180. The molecule has 34 heavy (non-hydrogen) atoms. The molecule has 1 saturated heterocycles. The van der Waals surface area contributed by atoms with Crippen molar-refractivity contribution in [3.05, 3.63) is 59.8 Å². The number of nitrogens with one attached hydrogen (secondary N) is 2. The molecule has 1 amide bonds. The van der Waals surface area contributed by atoms with Crippen LogP contribution < -0.4 is 15.5 Å². The third-order valence-corrected chi connectivity index (χ3v) is 6.46. The maximum Gasteiger partial charge on any atom is 0.259 e. The van der Waals surface area contributed by atoms with Crippen LogP contribution in [0, 0.1) is 13.8 Å². The molecule has 0 spiro atoms. The van der Waals surface area contributed by atoms with Crippen molar-refractivity contribution in [1.29, 1.82) is 0 Å². The van der Waals surface area contributed by atoms with E-state index in [-0.39, 0.29) is 5.91 Å². The molecular formula is C26H31N7O. The van der Waals surface area contributed by atoms with Crippen LogP contribution in [0.15, 0.2) is 42.7 Å². The summed E-state index contributed by atoms with van der Waals surface area (Å²) in [5, 5.41) is 6.56. The van der Waals surface area contributed by atoms with E-state index in [0.717, 1.165) is 43.0 Å². The summed E-state index contributed by atoms with van der Waals surface area (Å²) >= 11 is 0. The van der Waals surface area contributed by atoms with Crippen LogP contribution >= 0.6 is 0 Å². The quantitative estimate of drug-likeness (QED) is 0.583. The van der Waals surface area contributed by atoms with Gasteiger partial charge in [0, 0.05) is 55.9 Å². The van der Waals surface area contributed by atoms with Crippen molar-refractivity contribution >= 4 is 23.1 Å². The number of hydrogen-bond donors (Lipinski definition) is 2. The number of piperazine rings is 1. The molecule has 0 bridgehead atoms. The molecule has 1 aliphatic carbocycles. The van der Waals surface area contributed by atoms with Gasteiger partial charge in [-0.1, -0.05) is 6.07 Å². The number of pyridine rings is 1. The molecule has 2 fully saturated rings. The second kappa shape index (κ2) is 9.38. The fourth-order valence-corrected chi connectivity index (χ4v) is 4.21. The molecule has 3 heterocycles. The fraction of sp³-hybridized carbons (Fsp3) is 0.385. The van der Waals surface area contributed by atoms with E-state index in [0.29, 0.717) is 23.2 Å². The van der Waals surface area contributed by atoms with Gasteiger partial charge in [-0.3, -0.25) is 4.79 Å². The molecule has 176 valence electrons. The van der Waals surface area contributed by atoms with Crippen LogP contribution in [0.5, 0.6) is 0 Å². The highest BCUT2D eigenvalue weighted by molar-refractivity contribution is 6.03. The smallest absolute Gasteiger partial charge is 0.259 e. The van der Waals surface area contributed by atoms with Gasteiger partial charge >= 0.3 is 0 Å². The number of likely N-dealkylation sites (N-methyl/N-ethyl adjacent to an activating group) is 1. The van der Waals surface area contributed by atoms with Gasteiger partial charge in [-0.2, -0.15) is 0 Å². The molecule has 8 heteroatoms. The van der Waals surface area contributed by atoms with Crippen LogP contribution in [0.4, 0.5) is 17.2 Å². The number of rotatable bonds is 6. The minimum absolute atomic E-state index is 0.271. The van der Waals surface area contributed by atoms with E-state index in [9.17, 15) is 4.79 Å². The highest BCUT2D eigenvalue weighted by Crippen LogP contribution is 2.36. The molecule has 1 aromatic carbocycles. The molecule has 0 radical (unpaired) electrons. The Balaban J connectivity index is 1.38. The summed E-state index contributed by atoms with van der Waals surface area (Å²) in [4.78, 5) is 30.2. The largest absolute Gasteiger partial charge is 0.381 e. The van der Waals surface area contributed by atoms with E-state index in [1.165, 1.54) is 36.6 Å². The van der Waals surface area contributed by atoms with Crippen LogP contribution in [0.3, 0.4) is 0 Å². The van der Waals surface area contributed by atoms with Crippen molar-refractivity contribution in [2.45, 2.75) is 32.7 Å². The SMILES string of the molecule is Cc1ncc(C(=O)Nc2ccc(-c3ccc(NC4CC4)c(N4CCN(C)CC4)c3)c(C)n2)cn1. The van der Waals surface area contributed by atoms with Crippen LogP contribution in [0.25, 0.3) is 11.1 Å². The monoisotopic (exact) mass is 457 g/mol. The maximum atomic E-state index is 12.5. The van der Waals surface area contributed by atoms with E-state index in [1.54, 1.807) is 6.92 Å². The van der Waals surface area contributed by atoms with E-state index in [2.05, 4.69) is 60.6 Å². The lowest BCUT2D eigenvalue weighted by molar-refractivity contribution is 0.102. The van der Waals surface area contributed by atoms with Gasteiger partial charge in [-0.15, -0.1) is 0 Å². The van der Waals surface area contributed by atoms with Crippen molar-refractivity contribution < 1.29 is 4.79 Å². The summed E-state index contributed by atoms with van der Waals surface area (Å²) in [7, 11) is 2.18. The normalized spacial score (nSPS) is 16.4. The fourth-order valence-electron chi connectivity index (χ4n) is 4.21. The second-order valence-electron chi connectivity index (χ2n) is 9.24. The third kappa shape index (κ3) is 5.02. The summed E-state index contributed by atoms with van der Waals surface area (Å²) in [6.45, 7) is 7.93. The predicted octanol–water partition coefficient (Wildman–Crippen LogP) is 3.73. The van der Waals surface area contributed by atoms with E-state index < -0.39 is 0 Å².